The van der Waals surface area contributed by atoms with Crippen molar-refractivity contribution < 1.29 is 9.84 Å². The summed E-state index contributed by atoms with van der Waals surface area (Å²) in [5, 5.41) is 13.3. The van der Waals surface area contributed by atoms with Gasteiger partial charge in [0.2, 0.25) is 0 Å². The van der Waals surface area contributed by atoms with Crippen LogP contribution in [0, 0.1) is 6.92 Å². The van der Waals surface area contributed by atoms with Crippen LogP contribution in [-0.2, 0) is 6.54 Å². The van der Waals surface area contributed by atoms with E-state index in [9.17, 15) is 5.11 Å². The number of pyridine rings is 1. The molecule has 2 N–H and O–H groups in total. The van der Waals surface area contributed by atoms with Gasteiger partial charge in [0.15, 0.2) is 0 Å². The van der Waals surface area contributed by atoms with Crippen LogP contribution in [0.4, 0.5) is 0 Å². The molecular weight excluding hydrogens is 228 g/mol. The van der Waals surface area contributed by atoms with Crippen LogP contribution in [0.2, 0.25) is 0 Å². The Morgan fingerprint density at radius 2 is 2.17 bits per heavy atom. The first-order valence-corrected chi connectivity index (χ1v) is 6.62. The SMILES string of the molecule is COc1cc(C)nc(CNC2CCCCC2O)c1. The standard InChI is InChI=1S/C14H22N2O2/c1-10-7-12(18-2)8-11(16-10)9-15-13-5-3-4-6-14(13)17/h7-8,13-15,17H,3-6,9H2,1-2H3. The van der Waals surface area contributed by atoms with Crippen molar-refractivity contribution in [2.75, 3.05) is 7.11 Å². The fourth-order valence-corrected chi connectivity index (χ4v) is 2.50. The first-order chi connectivity index (χ1) is 8.69. The quantitative estimate of drug-likeness (QED) is 0.855. The van der Waals surface area contributed by atoms with Crippen molar-refractivity contribution in [1.29, 1.82) is 0 Å². The molecule has 0 bridgehead atoms. The number of aliphatic hydroxyl groups excluding tert-OH is 1. The molecule has 2 unspecified atom stereocenters. The van der Waals surface area contributed by atoms with Crippen LogP contribution >= 0.6 is 0 Å². The van der Waals surface area contributed by atoms with Gasteiger partial charge in [0.25, 0.3) is 0 Å². The third-order valence-corrected chi connectivity index (χ3v) is 3.49. The van der Waals surface area contributed by atoms with Crippen LogP contribution in [0.5, 0.6) is 5.75 Å². The number of methoxy groups -OCH3 is 1. The second kappa shape index (κ2) is 6.16. The zero-order valence-electron chi connectivity index (χ0n) is 11.1. The molecule has 2 atom stereocenters. The van der Waals surface area contributed by atoms with Gasteiger partial charge < -0.3 is 15.2 Å². The Morgan fingerprint density at radius 3 is 2.89 bits per heavy atom. The van der Waals surface area contributed by atoms with Gasteiger partial charge >= 0.3 is 0 Å². The second-order valence-electron chi connectivity index (χ2n) is 4.98. The molecule has 18 heavy (non-hydrogen) atoms. The molecule has 0 radical (unpaired) electrons. The third-order valence-electron chi connectivity index (χ3n) is 3.49. The minimum atomic E-state index is -0.217. The van der Waals surface area contributed by atoms with E-state index in [-0.39, 0.29) is 12.1 Å². The van der Waals surface area contributed by atoms with E-state index in [2.05, 4.69) is 10.3 Å². The average molecular weight is 250 g/mol. The molecule has 1 fully saturated rings. The molecule has 4 nitrogen and oxygen atoms in total. The fraction of sp³-hybridized carbons (Fsp3) is 0.643. The van der Waals surface area contributed by atoms with Crippen molar-refractivity contribution in [2.24, 2.45) is 0 Å². The average Bonchev–Trinajstić information content (AvgIpc) is 2.37. The van der Waals surface area contributed by atoms with E-state index in [4.69, 9.17) is 4.74 Å². The molecule has 0 saturated heterocycles. The van der Waals surface area contributed by atoms with Crippen LogP contribution in [0.1, 0.15) is 37.1 Å². The van der Waals surface area contributed by atoms with Crippen LogP contribution in [-0.4, -0.2) is 29.3 Å². The van der Waals surface area contributed by atoms with Gasteiger partial charge in [0.1, 0.15) is 5.75 Å². The van der Waals surface area contributed by atoms with Crippen LogP contribution < -0.4 is 10.1 Å². The molecule has 1 aromatic heterocycles. The van der Waals surface area contributed by atoms with Crippen LogP contribution in [0.3, 0.4) is 0 Å². The molecule has 2 rings (SSSR count). The predicted molar refractivity (Wildman–Crippen MR) is 70.6 cm³/mol. The lowest BCUT2D eigenvalue weighted by molar-refractivity contribution is 0.0901. The highest BCUT2D eigenvalue weighted by atomic mass is 16.5. The molecule has 1 aliphatic rings. The summed E-state index contributed by atoms with van der Waals surface area (Å²) in [6.45, 7) is 2.64. The zero-order chi connectivity index (χ0) is 13.0. The summed E-state index contributed by atoms with van der Waals surface area (Å²) >= 11 is 0. The number of hydrogen-bond donors (Lipinski definition) is 2. The normalized spacial score (nSPS) is 23.9. The Bertz CT molecular complexity index is 395. The van der Waals surface area contributed by atoms with Crippen molar-refractivity contribution in [2.45, 2.75) is 51.3 Å². The van der Waals surface area contributed by atoms with Gasteiger partial charge in [0, 0.05) is 30.4 Å². The molecule has 0 spiro atoms. The Balaban J connectivity index is 1.94. The number of rotatable bonds is 4. The summed E-state index contributed by atoms with van der Waals surface area (Å²) in [6.07, 6.45) is 4.06. The summed E-state index contributed by atoms with van der Waals surface area (Å²) < 4.78 is 5.23. The van der Waals surface area contributed by atoms with Gasteiger partial charge in [-0.05, 0) is 19.8 Å². The second-order valence-corrected chi connectivity index (χ2v) is 4.98. The summed E-state index contributed by atoms with van der Waals surface area (Å²) in [4.78, 5) is 4.47. The highest BCUT2D eigenvalue weighted by Crippen LogP contribution is 2.19. The number of nitrogens with one attached hydrogen (secondary N) is 1. The predicted octanol–water partition coefficient (Wildman–Crippen LogP) is 1.79. The van der Waals surface area contributed by atoms with E-state index in [1.807, 2.05) is 19.1 Å². The molecule has 1 heterocycles. The summed E-state index contributed by atoms with van der Waals surface area (Å²) in [6, 6.07) is 4.06. The maximum absolute atomic E-state index is 9.89. The maximum Gasteiger partial charge on any atom is 0.122 e. The lowest BCUT2D eigenvalue weighted by Crippen LogP contribution is -2.41. The van der Waals surface area contributed by atoms with E-state index in [1.54, 1.807) is 7.11 Å². The van der Waals surface area contributed by atoms with E-state index < -0.39 is 0 Å². The monoisotopic (exact) mass is 250 g/mol. The lowest BCUT2D eigenvalue weighted by atomic mass is 9.92. The van der Waals surface area contributed by atoms with Gasteiger partial charge in [-0.1, -0.05) is 12.8 Å². The van der Waals surface area contributed by atoms with Crippen LogP contribution in [0.15, 0.2) is 12.1 Å². The minimum Gasteiger partial charge on any atom is -0.497 e. The molecule has 1 aliphatic carbocycles. The molecule has 4 heteroatoms. The largest absolute Gasteiger partial charge is 0.497 e. The molecular formula is C14H22N2O2. The van der Waals surface area contributed by atoms with Crippen molar-refractivity contribution in [3.63, 3.8) is 0 Å². The molecule has 1 aromatic rings. The van der Waals surface area contributed by atoms with Gasteiger partial charge in [-0.3, -0.25) is 4.98 Å². The van der Waals surface area contributed by atoms with Crippen molar-refractivity contribution >= 4 is 0 Å². The van der Waals surface area contributed by atoms with E-state index in [1.165, 1.54) is 6.42 Å². The highest BCUT2D eigenvalue weighted by molar-refractivity contribution is 5.26. The Kier molecular flexibility index (Phi) is 4.55. The first-order valence-electron chi connectivity index (χ1n) is 6.62. The molecule has 100 valence electrons. The molecule has 0 aromatic carbocycles. The summed E-state index contributed by atoms with van der Waals surface area (Å²) in [5.41, 5.74) is 1.92. The fourth-order valence-electron chi connectivity index (χ4n) is 2.50. The Hall–Kier alpha value is -1.13. The summed E-state index contributed by atoms with van der Waals surface area (Å²) in [7, 11) is 1.66. The third kappa shape index (κ3) is 3.43. The molecule has 1 saturated carbocycles. The maximum atomic E-state index is 9.89. The Morgan fingerprint density at radius 1 is 1.39 bits per heavy atom. The van der Waals surface area contributed by atoms with E-state index in [0.717, 1.165) is 36.4 Å². The van der Waals surface area contributed by atoms with Gasteiger partial charge in [0.05, 0.1) is 18.9 Å². The van der Waals surface area contributed by atoms with Crippen molar-refractivity contribution in [1.82, 2.24) is 10.3 Å². The lowest BCUT2D eigenvalue weighted by Gasteiger charge is -2.28. The number of aryl methyl sites for hydroxylation is 1. The molecule has 0 aliphatic heterocycles. The number of aliphatic hydroxyl groups is 1. The topological polar surface area (TPSA) is 54.4 Å². The van der Waals surface area contributed by atoms with Crippen LogP contribution in [0.25, 0.3) is 0 Å². The Labute approximate surface area is 108 Å². The number of hydrogen-bond acceptors (Lipinski definition) is 4. The number of ether oxygens (including phenoxy) is 1. The van der Waals surface area contributed by atoms with Gasteiger partial charge in [-0.15, -0.1) is 0 Å². The van der Waals surface area contributed by atoms with Gasteiger partial charge in [-0.2, -0.15) is 0 Å². The molecule has 0 amide bonds. The van der Waals surface area contributed by atoms with E-state index in [0.29, 0.717) is 6.54 Å². The number of nitrogens with zero attached hydrogens (tertiary/aromatic N) is 1. The first kappa shape index (κ1) is 13.3. The van der Waals surface area contributed by atoms with Crippen molar-refractivity contribution in [3.05, 3.63) is 23.5 Å². The van der Waals surface area contributed by atoms with Gasteiger partial charge in [-0.25, -0.2) is 0 Å². The van der Waals surface area contributed by atoms with Crippen molar-refractivity contribution in [3.8, 4) is 5.75 Å². The summed E-state index contributed by atoms with van der Waals surface area (Å²) in [5.74, 6) is 0.837. The smallest absolute Gasteiger partial charge is 0.122 e. The van der Waals surface area contributed by atoms with E-state index >= 15 is 0 Å². The highest BCUT2D eigenvalue weighted by Gasteiger charge is 2.22. The number of aromatic nitrogens is 1. The zero-order valence-corrected chi connectivity index (χ0v) is 11.1. The minimum absolute atomic E-state index is 0.201.